The molecule has 114 valence electrons. The highest BCUT2D eigenvalue weighted by atomic mass is 35.5. The summed E-state index contributed by atoms with van der Waals surface area (Å²) < 4.78 is 0. The normalized spacial score (nSPS) is 16.8. The Bertz CT molecular complexity index is 544. The second-order valence-electron chi connectivity index (χ2n) is 4.98. The number of piperazine rings is 1. The molecule has 7 nitrogen and oxygen atoms in total. The Labute approximate surface area is 126 Å². The number of carboxylic acid groups (broad SMARTS) is 1. The van der Waals surface area contributed by atoms with Gasteiger partial charge in [-0.2, -0.15) is 0 Å². The van der Waals surface area contributed by atoms with Gasteiger partial charge in [0, 0.05) is 49.4 Å². The van der Waals surface area contributed by atoms with E-state index in [2.05, 4.69) is 4.90 Å². The quantitative estimate of drug-likeness (QED) is 0.654. The fraction of sp³-hybridized carbons (Fsp3) is 0.462. The van der Waals surface area contributed by atoms with E-state index in [0.29, 0.717) is 43.3 Å². The standard InChI is InChI=1S/C13H16ClN3O4/c14-11-1-2-12(17(20)21)10(7-11)8-15-3-5-16(6-4-15)9-13(18)19/h1-2,7H,3-6,8-9H2,(H,18,19). The van der Waals surface area contributed by atoms with E-state index in [9.17, 15) is 14.9 Å². The fourth-order valence-electron chi connectivity index (χ4n) is 2.40. The Hall–Kier alpha value is -1.70. The number of hydrogen-bond donors (Lipinski definition) is 1. The third-order valence-corrected chi connectivity index (χ3v) is 3.69. The van der Waals surface area contributed by atoms with Crippen LogP contribution < -0.4 is 0 Å². The summed E-state index contributed by atoms with van der Waals surface area (Å²) >= 11 is 5.91. The smallest absolute Gasteiger partial charge is 0.317 e. The summed E-state index contributed by atoms with van der Waals surface area (Å²) in [5.41, 5.74) is 0.645. The van der Waals surface area contributed by atoms with Crippen molar-refractivity contribution in [1.29, 1.82) is 0 Å². The van der Waals surface area contributed by atoms with Crippen LogP contribution in [-0.4, -0.2) is 58.5 Å². The summed E-state index contributed by atoms with van der Waals surface area (Å²) in [6, 6.07) is 4.54. The van der Waals surface area contributed by atoms with Gasteiger partial charge in [0.05, 0.1) is 11.5 Å². The second kappa shape index (κ2) is 6.84. The number of rotatable bonds is 5. The van der Waals surface area contributed by atoms with Crippen LogP contribution in [0, 0.1) is 10.1 Å². The molecule has 1 saturated heterocycles. The van der Waals surface area contributed by atoms with Gasteiger partial charge in [0.25, 0.3) is 5.69 Å². The molecule has 0 radical (unpaired) electrons. The van der Waals surface area contributed by atoms with Crippen LogP contribution in [0.4, 0.5) is 5.69 Å². The Balaban J connectivity index is 1.99. The van der Waals surface area contributed by atoms with Crippen LogP contribution in [0.1, 0.15) is 5.56 Å². The molecular weight excluding hydrogens is 298 g/mol. The molecule has 0 atom stereocenters. The van der Waals surface area contributed by atoms with E-state index in [-0.39, 0.29) is 12.2 Å². The number of aliphatic carboxylic acids is 1. The highest BCUT2D eigenvalue weighted by Crippen LogP contribution is 2.24. The van der Waals surface area contributed by atoms with Gasteiger partial charge in [-0.3, -0.25) is 24.7 Å². The highest BCUT2D eigenvalue weighted by molar-refractivity contribution is 6.30. The number of carbonyl (C=O) groups is 1. The lowest BCUT2D eigenvalue weighted by molar-refractivity contribution is -0.385. The Morgan fingerprint density at radius 3 is 2.48 bits per heavy atom. The van der Waals surface area contributed by atoms with Crippen molar-refractivity contribution in [1.82, 2.24) is 9.80 Å². The SMILES string of the molecule is O=C(O)CN1CCN(Cc2cc(Cl)ccc2[N+](=O)[O-])CC1. The van der Waals surface area contributed by atoms with Crippen LogP contribution in [0.25, 0.3) is 0 Å². The molecule has 1 aliphatic rings. The molecule has 0 amide bonds. The summed E-state index contributed by atoms with van der Waals surface area (Å²) in [5.74, 6) is -0.839. The molecule has 1 aliphatic heterocycles. The Kier molecular flexibility index (Phi) is 5.11. The maximum absolute atomic E-state index is 11.0. The van der Waals surface area contributed by atoms with Crippen LogP contribution in [-0.2, 0) is 11.3 Å². The van der Waals surface area contributed by atoms with Gasteiger partial charge < -0.3 is 5.11 Å². The van der Waals surface area contributed by atoms with Crippen molar-refractivity contribution in [3.8, 4) is 0 Å². The lowest BCUT2D eigenvalue weighted by Gasteiger charge is -2.33. The second-order valence-corrected chi connectivity index (χ2v) is 5.41. The van der Waals surface area contributed by atoms with E-state index in [0.717, 1.165) is 0 Å². The fourth-order valence-corrected chi connectivity index (χ4v) is 2.59. The van der Waals surface area contributed by atoms with Gasteiger partial charge in [0.2, 0.25) is 0 Å². The van der Waals surface area contributed by atoms with Gasteiger partial charge in [-0.1, -0.05) is 11.6 Å². The molecule has 0 aliphatic carbocycles. The first-order valence-corrected chi connectivity index (χ1v) is 6.93. The van der Waals surface area contributed by atoms with Crippen molar-refractivity contribution in [2.45, 2.75) is 6.54 Å². The number of nitrogens with zero attached hydrogens (tertiary/aromatic N) is 3. The van der Waals surface area contributed by atoms with Gasteiger partial charge in [-0.05, 0) is 12.1 Å². The monoisotopic (exact) mass is 313 g/mol. The van der Waals surface area contributed by atoms with Gasteiger partial charge in [0.15, 0.2) is 0 Å². The minimum Gasteiger partial charge on any atom is -0.480 e. The summed E-state index contributed by atoms with van der Waals surface area (Å²) in [7, 11) is 0. The third-order valence-electron chi connectivity index (χ3n) is 3.46. The molecule has 0 saturated carbocycles. The van der Waals surface area contributed by atoms with Crippen LogP contribution in [0.15, 0.2) is 18.2 Å². The minimum absolute atomic E-state index is 0.0329. The first-order chi connectivity index (χ1) is 9.95. The van der Waals surface area contributed by atoms with E-state index >= 15 is 0 Å². The number of hydrogen-bond acceptors (Lipinski definition) is 5. The molecule has 21 heavy (non-hydrogen) atoms. The molecule has 1 fully saturated rings. The topological polar surface area (TPSA) is 86.9 Å². The molecule has 0 bridgehead atoms. The summed E-state index contributed by atoms with van der Waals surface area (Å²) in [5, 5.41) is 20.2. The van der Waals surface area contributed by atoms with Crippen LogP contribution in [0.3, 0.4) is 0 Å². The van der Waals surface area contributed by atoms with E-state index in [1.807, 2.05) is 4.90 Å². The number of nitro benzene ring substituents is 1. The zero-order valence-corrected chi connectivity index (χ0v) is 12.1. The van der Waals surface area contributed by atoms with E-state index in [1.54, 1.807) is 6.07 Å². The van der Waals surface area contributed by atoms with Gasteiger partial charge >= 0.3 is 5.97 Å². The zero-order valence-electron chi connectivity index (χ0n) is 11.4. The average Bonchev–Trinajstić information content (AvgIpc) is 2.40. The number of halogens is 1. The van der Waals surface area contributed by atoms with Crippen molar-refractivity contribution >= 4 is 23.3 Å². The van der Waals surface area contributed by atoms with E-state index in [1.165, 1.54) is 12.1 Å². The molecule has 0 spiro atoms. The highest BCUT2D eigenvalue weighted by Gasteiger charge is 2.21. The first-order valence-electron chi connectivity index (χ1n) is 6.55. The molecule has 2 rings (SSSR count). The van der Waals surface area contributed by atoms with Crippen molar-refractivity contribution in [2.75, 3.05) is 32.7 Å². The van der Waals surface area contributed by atoms with E-state index in [4.69, 9.17) is 16.7 Å². The van der Waals surface area contributed by atoms with Crippen molar-refractivity contribution in [2.24, 2.45) is 0 Å². The summed E-state index contributed by atoms with van der Waals surface area (Å²) in [6.45, 7) is 3.11. The van der Waals surface area contributed by atoms with Gasteiger partial charge in [-0.25, -0.2) is 0 Å². The number of carboxylic acids is 1. The van der Waals surface area contributed by atoms with Gasteiger partial charge in [0.1, 0.15) is 0 Å². The first kappa shape index (κ1) is 15.7. The van der Waals surface area contributed by atoms with Gasteiger partial charge in [-0.15, -0.1) is 0 Å². The molecule has 0 aromatic heterocycles. The molecule has 1 aromatic carbocycles. The van der Waals surface area contributed by atoms with Crippen LogP contribution >= 0.6 is 11.6 Å². The number of nitro groups is 1. The number of benzene rings is 1. The Morgan fingerprint density at radius 1 is 1.29 bits per heavy atom. The van der Waals surface area contributed by atoms with Crippen molar-refractivity contribution in [3.05, 3.63) is 38.9 Å². The Morgan fingerprint density at radius 2 is 1.90 bits per heavy atom. The van der Waals surface area contributed by atoms with Crippen LogP contribution in [0.5, 0.6) is 0 Å². The predicted molar refractivity (Wildman–Crippen MR) is 77.5 cm³/mol. The lowest BCUT2D eigenvalue weighted by atomic mass is 10.1. The maximum Gasteiger partial charge on any atom is 0.317 e. The lowest BCUT2D eigenvalue weighted by Crippen LogP contribution is -2.47. The molecule has 1 heterocycles. The molecule has 8 heteroatoms. The van der Waals surface area contributed by atoms with Crippen LogP contribution in [0.2, 0.25) is 5.02 Å². The molecule has 0 unspecified atom stereocenters. The summed E-state index contributed by atoms with van der Waals surface area (Å²) in [4.78, 5) is 25.2. The van der Waals surface area contributed by atoms with Crippen molar-refractivity contribution in [3.63, 3.8) is 0 Å². The third kappa shape index (κ3) is 4.38. The molecule has 1 N–H and O–H groups in total. The van der Waals surface area contributed by atoms with E-state index < -0.39 is 10.9 Å². The predicted octanol–water partition coefficient (Wildman–Crippen LogP) is 1.45. The molecule has 1 aromatic rings. The summed E-state index contributed by atoms with van der Waals surface area (Å²) in [6.07, 6.45) is 0. The largest absolute Gasteiger partial charge is 0.480 e. The maximum atomic E-state index is 11.0. The zero-order chi connectivity index (χ0) is 15.4. The average molecular weight is 314 g/mol. The molecular formula is C13H16ClN3O4. The minimum atomic E-state index is -0.839. The van der Waals surface area contributed by atoms with Crippen molar-refractivity contribution < 1.29 is 14.8 Å².